The summed E-state index contributed by atoms with van der Waals surface area (Å²) in [7, 11) is 0. The second kappa shape index (κ2) is 6.18. The van der Waals surface area contributed by atoms with Crippen LogP contribution in [0.5, 0.6) is 0 Å². The Hall–Kier alpha value is -1.10. The number of nitrogens with two attached hydrogens (primary N) is 1. The van der Waals surface area contributed by atoms with Gasteiger partial charge in [0.1, 0.15) is 6.54 Å². The lowest BCUT2D eigenvalue weighted by Crippen LogP contribution is -2.49. The molecule has 0 radical (unpaired) electrons. The molecule has 0 aromatic rings. The number of rotatable bonds is 5. The van der Waals surface area contributed by atoms with Gasteiger partial charge in [0.15, 0.2) is 0 Å². The molecule has 5 heteroatoms. The van der Waals surface area contributed by atoms with Crippen molar-refractivity contribution in [1.82, 2.24) is 4.90 Å². The summed E-state index contributed by atoms with van der Waals surface area (Å²) in [5, 5.41) is 8.83. The number of aliphatic carboxylic acids is 1. The zero-order valence-corrected chi connectivity index (χ0v) is 11.3. The summed E-state index contributed by atoms with van der Waals surface area (Å²) < 4.78 is 0. The second-order valence-electron chi connectivity index (χ2n) is 5.61. The van der Waals surface area contributed by atoms with Crippen LogP contribution < -0.4 is 5.73 Å². The molecule has 1 aliphatic carbocycles. The van der Waals surface area contributed by atoms with E-state index in [0.29, 0.717) is 0 Å². The Kier molecular flexibility index (Phi) is 5.14. The highest BCUT2D eigenvalue weighted by molar-refractivity contribution is 5.82. The maximum absolute atomic E-state index is 12.2. The quantitative estimate of drug-likeness (QED) is 0.778. The molecule has 1 rings (SSSR count). The third-order valence-corrected chi connectivity index (χ3v) is 3.60. The molecule has 0 aromatic heterocycles. The van der Waals surface area contributed by atoms with Crippen LogP contribution >= 0.6 is 0 Å². The number of carboxylic acids is 1. The van der Waals surface area contributed by atoms with Crippen molar-refractivity contribution in [1.29, 1.82) is 0 Å². The Balaban J connectivity index is 2.62. The largest absolute Gasteiger partial charge is 0.480 e. The number of carboxylic acid groups (broad SMARTS) is 1. The van der Waals surface area contributed by atoms with Gasteiger partial charge in [-0.25, -0.2) is 0 Å². The molecule has 5 nitrogen and oxygen atoms in total. The fraction of sp³-hybridized carbons (Fsp3) is 0.846. The lowest BCUT2D eigenvalue weighted by molar-refractivity contribution is -0.146. The Labute approximate surface area is 108 Å². The normalized spacial score (nSPS) is 18.7. The SMILES string of the molecule is CC(C)N(CC(=O)O)C(=O)CC1(N)CCCCC1. The van der Waals surface area contributed by atoms with Gasteiger partial charge in [-0.15, -0.1) is 0 Å². The van der Waals surface area contributed by atoms with E-state index in [1.807, 2.05) is 13.8 Å². The minimum Gasteiger partial charge on any atom is -0.480 e. The highest BCUT2D eigenvalue weighted by Gasteiger charge is 2.32. The van der Waals surface area contributed by atoms with Crippen molar-refractivity contribution >= 4 is 11.9 Å². The van der Waals surface area contributed by atoms with Gasteiger partial charge in [-0.05, 0) is 26.7 Å². The zero-order chi connectivity index (χ0) is 13.8. The number of hydrogen-bond acceptors (Lipinski definition) is 3. The molecule has 0 atom stereocenters. The first kappa shape index (κ1) is 15.0. The van der Waals surface area contributed by atoms with Crippen LogP contribution in [0.1, 0.15) is 52.4 Å². The van der Waals surface area contributed by atoms with Crippen molar-refractivity contribution in [3.05, 3.63) is 0 Å². The molecule has 0 unspecified atom stereocenters. The van der Waals surface area contributed by atoms with E-state index in [1.54, 1.807) is 0 Å². The highest BCUT2D eigenvalue weighted by atomic mass is 16.4. The van der Waals surface area contributed by atoms with Crippen molar-refractivity contribution in [2.75, 3.05) is 6.54 Å². The van der Waals surface area contributed by atoms with Gasteiger partial charge in [0.25, 0.3) is 0 Å². The highest BCUT2D eigenvalue weighted by Crippen LogP contribution is 2.29. The summed E-state index contributed by atoms with van der Waals surface area (Å²) in [6.45, 7) is 3.41. The third-order valence-electron chi connectivity index (χ3n) is 3.60. The van der Waals surface area contributed by atoms with Crippen LogP contribution in [0.2, 0.25) is 0 Å². The van der Waals surface area contributed by atoms with E-state index < -0.39 is 11.5 Å². The molecule has 0 heterocycles. The number of carbonyl (C=O) groups is 2. The van der Waals surface area contributed by atoms with Crippen LogP contribution in [0, 0.1) is 0 Å². The van der Waals surface area contributed by atoms with E-state index in [2.05, 4.69) is 0 Å². The maximum Gasteiger partial charge on any atom is 0.323 e. The minimum absolute atomic E-state index is 0.110. The molecule has 0 spiro atoms. The van der Waals surface area contributed by atoms with Gasteiger partial charge < -0.3 is 15.7 Å². The van der Waals surface area contributed by atoms with Gasteiger partial charge in [-0.2, -0.15) is 0 Å². The summed E-state index contributed by atoms with van der Waals surface area (Å²) in [6, 6.07) is -0.110. The standard InChI is InChI=1S/C13H24N2O3/c1-10(2)15(9-12(17)18)11(16)8-13(14)6-4-3-5-7-13/h10H,3-9,14H2,1-2H3,(H,17,18). The predicted molar refractivity (Wildman–Crippen MR) is 69.1 cm³/mol. The van der Waals surface area contributed by atoms with Gasteiger partial charge in [0.2, 0.25) is 5.91 Å². The Morgan fingerprint density at radius 3 is 2.28 bits per heavy atom. The number of carbonyl (C=O) groups excluding carboxylic acids is 1. The van der Waals surface area contributed by atoms with Gasteiger partial charge in [-0.1, -0.05) is 19.3 Å². The fourth-order valence-electron chi connectivity index (χ4n) is 2.54. The third kappa shape index (κ3) is 4.29. The van der Waals surface area contributed by atoms with Gasteiger partial charge >= 0.3 is 5.97 Å². The Morgan fingerprint density at radius 2 is 1.83 bits per heavy atom. The fourth-order valence-corrected chi connectivity index (χ4v) is 2.54. The zero-order valence-electron chi connectivity index (χ0n) is 11.3. The lowest BCUT2D eigenvalue weighted by Gasteiger charge is -2.35. The number of hydrogen-bond donors (Lipinski definition) is 2. The van der Waals surface area contributed by atoms with Crippen LogP contribution in [0.25, 0.3) is 0 Å². The molecule has 1 amide bonds. The molecule has 0 bridgehead atoms. The maximum atomic E-state index is 12.2. The molecule has 1 saturated carbocycles. The topological polar surface area (TPSA) is 83.6 Å². The lowest BCUT2D eigenvalue weighted by atomic mass is 9.80. The van der Waals surface area contributed by atoms with E-state index in [9.17, 15) is 9.59 Å². The Bertz CT molecular complexity index is 309. The van der Waals surface area contributed by atoms with Crippen LogP contribution in [-0.2, 0) is 9.59 Å². The van der Waals surface area contributed by atoms with E-state index in [1.165, 1.54) is 11.3 Å². The van der Waals surface area contributed by atoms with Crippen molar-refractivity contribution in [3.63, 3.8) is 0 Å². The van der Waals surface area contributed by atoms with Crippen LogP contribution in [0.4, 0.5) is 0 Å². The summed E-state index contributed by atoms with van der Waals surface area (Å²) in [6.07, 6.45) is 5.28. The summed E-state index contributed by atoms with van der Waals surface area (Å²) >= 11 is 0. The summed E-state index contributed by atoms with van der Waals surface area (Å²) in [5.41, 5.74) is 5.80. The van der Waals surface area contributed by atoms with E-state index in [4.69, 9.17) is 10.8 Å². The van der Waals surface area contributed by atoms with Crippen LogP contribution in [0.3, 0.4) is 0 Å². The van der Waals surface area contributed by atoms with Crippen LogP contribution in [-0.4, -0.2) is 40.0 Å². The molecule has 3 N–H and O–H groups in total. The molecule has 1 fully saturated rings. The Morgan fingerprint density at radius 1 is 1.28 bits per heavy atom. The summed E-state index contributed by atoms with van der Waals surface area (Å²) in [5.74, 6) is -1.12. The average Bonchev–Trinajstić information content (AvgIpc) is 2.25. The molecule has 0 aromatic carbocycles. The average molecular weight is 256 g/mol. The van der Waals surface area contributed by atoms with Crippen molar-refractivity contribution in [3.8, 4) is 0 Å². The van der Waals surface area contributed by atoms with Gasteiger partial charge in [-0.3, -0.25) is 9.59 Å². The van der Waals surface area contributed by atoms with E-state index >= 15 is 0 Å². The van der Waals surface area contributed by atoms with Gasteiger partial charge in [0.05, 0.1) is 0 Å². The first-order chi connectivity index (χ1) is 8.34. The first-order valence-corrected chi connectivity index (χ1v) is 6.64. The molecular weight excluding hydrogens is 232 g/mol. The van der Waals surface area contributed by atoms with Crippen molar-refractivity contribution in [2.45, 2.75) is 64.0 Å². The minimum atomic E-state index is -0.980. The summed E-state index contributed by atoms with van der Waals surface area (Å²) in [4.78, 5) is 24.3. The number of amides is 1. The van der Waals surface area contributed by atoms with Gasteiger partial charge in [0, 0.05) is 18.0 Å². The molecular formula is C13H24N2O3. The van der Waals surface area contributed by atoms with Crippen molar-refractivity contribution in [2.24, 2.45) is 5.73 Å². The molecule has 1 aliphatic rings. The second-order valence-corrected chi connectivity index (χ2v) is 5.61. The van der Waals surface area contributed by atoms with E-state index in [-0.39, 0.29) is 24.9 Å². The van der Waals surface area contributed by atoms with Crippen molar-refractivity contribution < 1.29 is 14.7 Å². The van der Waals surface area contributed by atoms with Crippen LogP contribution in [0.15, 0.2) is 0 Å². The molecule has 18 heavy (non-hydrogen) atoms. The predicted octanol–water partition coefficient (Wildman–Crippen LogP) is 1.36. The monoisotopic (exact) mass is 256 g/mol. The molecule has 0 saturated heterocycles. The first-order valence-electron chi connectivity index (χ1n) is 6.64. The molecule has 104 valence electrons. The molecule has 0 aliphatic heterocycles. The number of nitrogens with zero attached hydrogens (tertiary/aromatic N) is 1. The smallest absolute Gasteiger partial charge is 0.323 e. The van der Waals surface area contributed by atoms with E-state index in [0.717, 1.165) is 25.7 Å².